The maximum absolute atomic E-state index is 13.1. The van der Waals surface area contributed by atoms with Crippen molar-refractivity contribution in [1.82, 2.24) is 4.90 Å². The molecule has 3 aromatic rings. The molecule has 31 heavy (non-hydrogen) atoms. The quantitative estimate of drug-likeness (QED) is 0.371. The van der Waals surface area contributed by atoms with Crippen molar-refractivity contribution in [2.24, 2.45) is 0 Å². The molecule has 3 aromatic carbocycles. The first-order chi connectivity index (χ1) is 14.9. The van der Waals surface area contributed by atoms with E-state index < -0.39 is 17.7 Å². The SMILES string of the molecule is Cc1ccc(C)c(C(O)=C2C(=O)C(=O)N(Cc3ccccc3)C2c2cccc(O)c2)c1. The van der Waals surface area contributed by atoms with Gasteiger partial charge in [-0.05, 0) is 48.7 Å². The van der Waals surface area contributed by atoms with Crippen molar-refractivity contribution in [3.05, 3.63) is 106 Å². The molecule has 1 heterocycles. The molecular formula is C26H23NO4. The topological polar surface area (TPSA) is 77.8 Å². The highest BCUT2D eigenvalue weighted by Gasteiger charge is 2.46. The number of phenolic OH excluding ortho intramolecular Hbond substituents is 1. The third-order valence-corrected chi connectivity index (χ3v) is 5.57. The fraction of sp³-hybridized carbons (Fsp3) is 0.154. The van der Waals surface area contributed by atoms with Gasteiger partial charge in [-0.25, -0.2) is 0 Å². The highest BCUT2D eigenvalue weighted by molar-refractivity contribution is 6.46. The summed E-state index contributed by atoms with van der Waals surface area (Å²) >= 11 is 0. The van der Waals surface area contributed by atoms with E-state index in [0.717, 1.165) is 16.7 Å². The number of ketones is 1. The van der Waals surface area contributed by atoms with E-state index in [1.165, 1.54) is 17.0 Å². The fourth-order valence-electron chi connectivity index (χ4n) is 4.00. The van der Waals surface area contributed by atoms with Gasteiger partial charge in [-0.2, -0.15) is 0 Å². The summed E-state index contributed by atoms with van der Waals surface area (Å²) in [6.45, 7) is 3.95. The van der Waals surface area contributed by atoms with E-state index in [2.05, 4.69) is 0 Å². The fourth-order valence-corrected chi connectivity index (χ4v) is 4.00. The van der Waals surface area contributed by atoms with Crippen LogP contribution in [0.1, 0.15) is 33.9 Å². The van der Waals surface area contributed by atoms with Gasteiger partial charge in [0.2, 0.25) is 0 Å². The summed E-state index contributed by atoms with van der Waals surface area (Å²) in [7, 11) is 0. The summed E-state index contributed by atoms with van der Waals surface area (Å²) in [5.74, 6) is -1.59. The monoisotopic (exact) mass is 413 g/mol. The number of rotatable bonds is 4. The predicted molar refractivity (Wildman–Crippen MR) is 118 cm³/mol. The summed E-state index contributed by atoms with van der Waals surface area (Å²) in [5.41, 5.74) is 3.69. The average molecular weight is 413 g/mol. The van der Waals surface area contributed by atoms with Crippen LogP contribution in [0, 0.1) is 13.8 Å². The second-order valence-corrected chi connectivity index (χ2v) is 7.83. The van der Waals surface area contributed by atoms with E-state index in [9.17, 15) is 19.8 Å². The maximum Gasteiger partial charge on any atom is 0.295 e. The Bertz CT molecular complexity index is 1200. The summed E-state index contributed by atoms with van der Waals surface area (Å²) in [6, 6.07) is 20.6. The number of aryl methyl sites for hydroxylation is 2. The Morgan fingerprint density at radius 3 is 2.39 bits per heavy atom. The van der Waals surface area contributed by atoms with Crippen LogP contribution in [0.4, 0.5) is 0 Å². The van der Waals surface area contributed by atoms with Gasteiger partial charge in [-0.1, -0.05) is 60.2 Å². The number of benzene rings is 3. The van der Waals surface area contributed by atoms with Crippen LogP contribution in [0.15, 0.2) is 78.4 Å². The van der Waals surface area contributed by atoms with Crippen molar-refractivity contribution < 1.29 is 19.8 Å². The molecule has 0 saturated carbocycles. The molecule has 0 radical (unpaired) electrons. The Balaban J connectivity index is 1.91. The smallest absolute Gasteiger partial charge is 0.295 e. The number of aliphatic hydroxyl groups excluding tert-OH is 1. The number of aliphatic hydroxyl groups is 1. The van der Waals surface area contributed by atoms with Crippen molar-refractivity contribution in [1.29, 1.82) is 0 Å². The lowest BCUT2D eigenvalue weighted by Crippen LogP contribution is -2.29. The van der Waals surface area contributed by atoms with Crippen molar-refractivity contribution in [3.63, 3.8) is 0 Å². The van der Waals surface area contributed by atoms with Gasteiger partial charge in [0.25, 0.3) is 11.7 Å². The van der Waals surface area contributed by atoms with Crippen LogP contribution in [0.2, 0.25) is 0 Å². The number of likely N-dealkylation sites (tertiary alicyclic amines) is 1. The molecule has 5 heteroatoms. The average Bonchev–Trinajstić information content (AvgIpc) is 3.00. The largest absolute Gasteiger partial charge is 0.508 e. The lowest BCUT2D eigenvalue weighted by molar-refractivity contribution is -0.140. The number of hydrogen-bond donors (Lipinski definition) is 2. The highest BCUT2D eigenvalue weighted by atomic mass is 16.3. The number of carbonyl (C=O) groups is 2. The summed E-state index contributed by atoms with van der Waals surface area (Å²) in [6.07, 6.45) is 0. The van der Waals surface area contributed by atoms with Gasteiger partial charge in [0.05, 0.1) is 11.6 Å². The van der Waals surface area contributed by atoms with E-state index >= 15 is 0 Å². The van der Waals surface area contributed by atoms with Gasteiger partial charge >= 0.3 is 0 Å². The minimum Gasteiger partial charge on any atom is -0.508 e. The molecule has 0 spiro atoms. The van der Waals surface area contributed by atoms with Crippen molar-refractivity contribution >= 4 is 17.4 Å². The van der Waals surface area contributed by atoms with Crippen LogP contribution < -0.4 is 0 Å². The van der Waals surface area contributed by atoms with Crippen LogP contribution >= 0.6 is 0 Å². The lowest BCUT2D eigenvalue weighted by atomic mass is 9.93. The minimum absolute atomic E-state index is 0.0227. The third kappa shape index (κ3) is 3.82. The Labute approximate surface area is 180 Å². The van der Waals surface area contributed by atoms with Gasteiger partial charge in [0, 0.05) is 12.1 Å². The van der Waals surface area contributed by atoms with Crippen molar-refractivity contribution in [2.45, 2.75) is 26.4 Å². The van der Waals surface area contributed by atoms with Gasteiger partial charge in [-0.15, -0.1) is 0 Å². The van der Waals surface area contributed by atoms with Crippen molar-refractivity contribution in [2.75, 3.05) is 0 Å². The van der Waals surface area contributed by atoms with Crippen LogP contribution in [0.25, 0.3) is 5.76 Å². The zero-order valence-electron chi connectivity index (χ0n) is 17.4. The summed E-state index contributed by atoms with van der Waals surface area (Å²) in [4.78, 5) is 27.6. The zero-order chi connectivity index (χ0) is 22.1. The van der Waals surface area contributed by atoms with Gasteiger partial charge in [0.1, 0.15) is 11.5 Å². The highest BCUT2D eigenvalue weighted by Crippen LogP contribution is 2.41. The Morgan fingerprint density at radius 2 is 1.68 bits per heavy atom. The first-order valence-electron chi connectivity index (χ1n) is 10.1. The molecule has 1 aliphatic heterocycles. The minimum atomic E-state index is -0.813. The van der Waals surface area contributed by atoms with Crippen LogP contribution in [-0.2, 0) is 16.1 Å². The Morgan fingerprint density at radius 1 is 0.935 bits per heavy atom. The first-order valence-corrected chi connectivity index (χ1v) is 10.1. The van der Waals surface area contributed by atoms with E-state index in [-0.39, 0.29) is 23.6 Å². The molecule has 1 saturated heterocycles. The zero-order valence-corrected chi connectivity index (χ0v) is 17.4. The van der Waals surface area contributed by atoms with Gasteiger partial charge < -0.3 is 15.1 Å². The molecule has 1 unspecified atom stereocenters. The molecule has 1 fully saturated rings. The molecule has 0 aliphatic carbocycles. The maximum atomic E-state index is 13.1. The third-order valence-electron chi connectivity index (χ3n) is 5.57. The number of nitrogens with zero attached hydrogens (tertiary/aromatic N) is 1. The molecule has 0 bridgehead atoms. The second kappa shape index (κ2) is 8.11. The number of aromatic hydroxyl groups is 1. The van der Waals surface area contributed by atoms with E-state index in [1.54, 1.807) is 18.2 Å². The van der Waals surface area contributed by atoms with Gasteiger partial charge in [0.15, 0.2) is 0 Å². The number of Topliss-reactive ketones (excluding diaryl/α,β-unsaturated/α-hetero) is 1. The normalized spacial score (nSPS) is 17.9. The molecule has 0 aromatic heterocycles. The molecule has 5 nitrogen and oxygen atoms in total. The summed E-state index contributed by atoms with van der Waals surface area (Å²) in [5, 5.41) is 21.3. The number of carbonyl (C=O) groups excluding carboxylic acids is 2. The number of hydrogen-bond acceptors (Lipinski definition) is 4. The molecule has 1 aliphatic rings. The van der Waals surface area contributed by atoms with Crippen LogP contribution in [0.5, 0.6) is 5.75 Å². The second-order valence-electron chi connectivity index (χ2n) is 7.83. The summed E-state index contributed by atoms with van der Waals surface area (Å²) < 4.78 is 0. The van der Waals surface area contributed by atoms with Gasteiger partial charge in [-0.3, -0.25) is 9.59 Å². The first kappa shape index (κ1) is 20.4. The standard InChI is InChI=1S/C26H23NO4/c1-16-11-12-17(2)21(13-16)24(29)22-23(19-9-6-10-20(28)14-19)27(26(31)25(22)30)15-18-7-4-3-5-8-18/h3-14,23,28-29H,15H2,1-2H3. The lowest BCUT2D eigenvalue weighted by Gasteiger charge is -2.25. The molecule has 4 rings (SSSR count). The molecule has 1 amide bonds. The number of phenols is 1. The van der Waals surface area contributed by atoms with Crippen LogP contribution in [-0.4, -0.2) is 26.8 Å². The molecule has 2 N–H and O–H groups in total. The molecule has 156 valence electrons. The molecule has 1 atom stereocenters. The number of amides is 1. The van der Waals surface area contributed by atoms with E-state index in [1.807, 2.05) is 56.3 Å². The van der Waals surface area contributed by atoms with Crippen LogP contribution in [0.3, 0.4) is 0 Å². The predicted octanol–water partition coefficient (Wildman–Crippen LogP) is 4.63. The van der Waals surface area contributed by atoms with E-state index in [0.29, 0.717) is 11.1 Å². The Kier molecular flexibility index (Phi) is 5.34. The Hall–Kier alpha value is -3.86. The van der Waals surface area contributed by atoms with Crippen molar-refractivity contribution in [3.8, 4) is 5.75 Å². The molecular weight excluding hydrogens is 390 g/mol. The van der Waals surface area contributed by atoms with E-state index in [4.69, 9.17) is 0 Å².